The van der Waals surface area contributed by atoms with Gasteiger partial charge in [0.15, 0.2) is 0 Å². The van der Waals surface area contributed by atoms with E-state index in [2.05, 4.69) is 70.1 Å². The summed E-state index contributed by atoms with van der Waals surface area (Å²) in [5, 5.41) is 8.47. The third-order valence-electron chi connectivity index (χ3n) is 4.44. The Hall–Kier alpha value is -1.29. The van der Waals surface area contributed by atoms with Crippen LogP contribution in [0.5, 0.6) is 0 Å². The third-order valence-corrected chi connectivity index (χ3v) is 5.22. The fourth-order valence-electron chi connectivity index (χ4n) is 3.18. The summed E-state index contributed by atoms with van der Waals surface area (Å²) in [7, 11) is 0. The van der Waals surface area contributed by atoms with E-state index in [1.807, 2.05) is 0 Å². The molecule has 0 spiro atoms. The van der Waals surface area contributed by atoms with Crippen LogP contribution < -0.4 is 5.32 Å². The van der Waals surface area contributed by atoms with Gasteiger partial charge in [0.25, 0.3) is 0 Å². The standard InChI is InChI=1S/C17H22BrN3/c1-3-12(4-2)16-15(18)17-19-11-10-14(21(17)20-16)13-8-6-5-7-9-13/h5-9,12,14,19H,3-4,10-11H2,1-2H3. The van der Waals surface area contributed by atoms with Gasteiger partial charge in [-0.15, -0.1) is 0 Å². The van der Waals surface area contributed by atoms with E-state index in [4.69, 9.17) is 5.10 Å². The lowest BCUT2D eigenvalue weighted by Gasteiger charge is -2.26. The van der Waals surface area contributed by atoms with E-state index >= 15 is 0 Å². The fourth-order valence-corrected chi connectivity index (χ4v) is 3.91. The molecule has 112 valence electrons. The maximum absolute atomic E-state index is 4.96. The fraction of sp³-hybridized carbons (Fsp3) is 0.471. The minimum absolute atomic E-state index is 0.335. The van der Waals surface area contributed by atoms with Gasteiger partial charge in [-0.1, -0.05) is 44.2 Å². The molecule has 4 heteroatoms. The summed E-state index contributed by atoms with van der Waals surface area (Å²) in [5.41, 5.74) is 2.54. The van der Waals surface area contributed by atoms with Crippen molar-refractivity contribution in [3.8, 4) is 0 Å². The van der Waals surface area contributed by atoms with Crippen LogP contribution in [0.25, 0.3) is 0 Å². The number of hydrogen-bond acceptors (Lipinski definition) is 2. The molecule has 0 saturated heterocycles. The average molecular weight is 348 g/mol. The maximum atomic E-state index is 4.96. The molecular formula is C17H22BrN3. The zero-order valence-electron chi connectivity index (χ0n) is 12.6. The zero-order valence-corrected chi connectivity index (χ0v) is 14.2. The van der Waals surface area contributed by atoms with Gasteiger partial charge in [0.2, 0.25) is 0 Å². The normalized spacial score (nSPS) is 17.6. The van der Waals surface area contributed by atoms with Crippen LogP contribution in [0.1, 0.15) is 56.3 Å². The largest absolute Gasteiger partial charge is 0.369 e. The second-order valence-corrected chi connectivity index (χ2v) is 6.44. The molecular weight excluding hydrogens is 326 g/mol. The van der Waals surface area contributed by atoms with Crippen molar-refractivity contribution in [3.63, 3.8) is 0 Å². The van der Waals surface area contributed by atoms with E-state index in [0.29, 0.717) is 12.0 Å². The zero-order chi connectivity index (χ0) is 14.8. The van der Waals surface area contributed by atoms with Gasteiger partial charge in [0.1, 0.15) is 5.82 Å². The van der Waals surface area contributed by atoms with E-state index in [1.165, 1.54) is 11.3 Å². The number of hydrogen-bond donors (Lipinski definition) is 1. The summed E-state index contributed by atoms with van der Waals surface area (Å²) in [5.74, 6) is 1.66. The number of benzene rings is 1. The van der Waals surface area contributed by atoms with Crippen LogP contribution in [-0.2, 0) is 0 Å². The molecule has 1 aliphatic rings. The molecule has 1 aromatic heterocycles. The monoisotopic (exact) mass is 347 g/mol. The highest BCUT2D eigenvalue weighted by Crippen LogP contribution is 2.39. The molecule has 1 unspecified atom stereocenters. The molecule has 0 aliphatic carbocycles. The lowest BCUT2D eigenvalue weighted by molar-refractivity contribution is 0.471. The van der Waals surface area contributed by atoms with Crippen molar-refractivity contribution in [2.75, 3.05) is 11.9 Å². The second kappa shape index (κ2) is 6.22. The summed E-state index contributed by atoms with van der Waals surface area (Å²) in [4.78, 5) is 0. The smallest absolute Gasteiger partial charge is 0.139 e. The highest BCUT2D eigenvalue weighted by molar-refractivity contribution is 9.10. The molecule has 3 rings (SSSR count). The Kier molecular flexibility index (Phi) is 4.34. The molecule has 0 fully saturated rings. The Morgan fingerprint density at radius 1 is 1.29 bits per heavy atom. The molecule has 0 radical (unpaired) electrons. The van der Waals surface area contributed by atoms with E-state index in [9.17, 15) is 0 Å². The van der Waals surface area contributed by atoms with Crippen LogP contribution in [0.2, 0.25) is 0 Å². The molecule has 0 saturated carbocycles. The van der Waals surface area contributed by atoms with Crippen molar-refractivity contribution in [1.29, 1.82) is 0 Å². The number of anilines is 1. The SMILES string of the molecule is CCC(CC)c1nn2c(c1Br)NCCC2c1ccccc1. The van der Waals surface area contributed by atoms with E-state index in [-0.39, 0.29) is 0 Å². The molecule has 3 nitrogen and oxygen atoms in total. The number of aromatic nitrogens is 2. The van der Waals surface area contributed by atoms with Crippen molar-refractivity contribution < 1.29 is 0 Å². The minimum Gasteiger partial charge on any atom is -0.369 e. The maximum Gasteiger partial charge on any atom is 0.139 e. The van der Waals surface area contributed by atoms with Crippen LogP contribution in [0.3, 0.4) is 0 Å². The van der Waals surface area contributed by atoms with Crippen LogP contribution in [0.15, 0.2) is 34.8 Å². The van der Waals surface area contributed by atoms with Gasteiger partial charge in [-0.25, -0.2) is 4.68 Å². The third kappa shape index (κ3) is 2.61. The summed E-state index contributed by atoms with van der Waals surface area (Å²) in [6.45, 7) is 5.47. The van der Waals surface area contributed by atoms with Gasteiger partial charge < -0.3 is 5.32 Å². The molecule has 1 atom stereocenters. The number of nitrogens with one attached hydrogen (secondary N) is 1. The van der Waals surface area contributed by atoms with Gasteiger partial charge in [-0.2, -0.15) is 5.10 Å². The van der Waals surface area contributed by atoms with Gasteiger partial charge in [0, 0.05) is 12.5 Å². The number of nitrogens with zero attached hydrogens (tertiary/aromatic N) is 2. The van der Waals surface area contributed by atoms with Crippen LogP contribution in [0, 0.1) is 0 Å². The number of halogens is 1. The Morgan fingerprint density at radius 3 is 2.67 bits per heavy atom. The average Bonchev–Trinajstić information content (AvgIpc) is 2.87. The van der Waals surface area contributed by atoms with Gasteiger partial charge in [-0.3, -0.25) is 0 Å². The first-order chi connectivity index (χ1) is 10.3. The highest BCUT2D eigenvalue weighted by atomic mass is 79.9. The molecule has 2 aromatic rings. The van der Waals surface area contributed by atoms with Gasteiger partial charge in [0.05, 0.1) is 16.2 Å². The highest BCUT2D eigenvalue weighted by Gasteiger charge is 2.28. The molecule has 2 heterocycles. The van der Waals surface area contributed by atoms with E-state index in [0.717, 1.165) is 36.1 Å². The summed E-state index contributed by atoms with van der Waals surface area (Å²) in [6.07, 6.45) is 3.33. The molecule has 1 aliphatic heterocycles. The quantitative estimate of drug-likeness (QED) is 0.847. The summed E-state index contributed by atoms with van der Waals surface area (Å²) < 4.78 is 3.33. The van der Waals surface area contributed by atoms with Gasteiger partial charge in [-0.05, 0) is 40.8 Å². The van der Waals surface area contributed by atoms with Crippen LogP contribution in [-0.4, -0.2) is 16.3 Å². The molecule has 0 amide bonds. The Labute approximate surface area is 134 Å². The number of rotatable bonds is 4. The molecule has 0 bridgehead atoms. The van der Waals surface area contributed by atoms with Crippen molar-refractivity contribution in [2.45, 2.75) is 45.1 Å². The lowest BCUT2D eigenvalue weighted by atomic mass is 10.00. The lowest BCUT2D eigenvalue weighted by Crippen LogP contribution is -2.24. The molecule has 1 aromatic carbocycles. The second-order valence-electron chi connectivity index (χ2n) is 5.65. The minimum atomic E-state index is 0.335. The van der Waals surface area contributed by atoms with Crippen LogP contribution in [0.4, 0.5) is 5.82 Å². The summed E-state index contributed by atoms with van der Waals surface area (Å²) in [6, 6.07) is 11.0. The van der Waals surface area contributed by atoms with E-state index in [1.54, 1.807) is 0 Å². The first kappa shape index (κ1) is 14.6. The topological polar surface area (TPSA) is 29.9 Å². The predicted octanol–water partition coefficient (Wildman–Crippen LogP) is 4.95. The molecule has 21 heavy (non-hydrogen) atoms. The van der Waals surface area contributed by atoms with Crippen molar-refractivity contribution in [1.82, 2.24) is 9.78 Å². The van der Waals surface area contributed by atoms with Crippen molar-refractivity contribution in [2.24, 2.45) is 0 Å². The Morgan fingerprint density at radius 2 is 2.00 bits per heavy atom. The van der Waals surface area contributed by atoms with Crippen LogP contribution >= 0.6 is 15.9 Å². The first-order valence-electron chi connectivity index (χ1n) is 7.82. The van der Waals surface area contributed by atoms with Crippen molar-refractivity contribution >= 4 is 21.7 Å². The van der Waals surface area contributed by atoms with E-state index < -0.39 is 0 Å². The Bertz CT molecular complexity index is 602. The van der Waals surface area contributed by atoms with Gasteiger partial charge >= 0.3 is 0 Å². The molecule has 1 N–H and O–H groups in total. The van der Waals surface area contributed by atoms with Crippen molar-refractivity contribution in [3.05, 3.63) is 46.1 Å². The Balaban J connectivity index is 2.04. The first-order valence-corrected chi connectivity index (χ1v) is 8.62. The predicted molar refractivity (Wildman–Crippen MR) is 90.9 cm³/mol. The number of fused-ring (bicyclic) bond motifs is 1. The summed E-state index contributed by atoms with van der Waals surface area (Å²) >= 11 is 3.77.